The van der Waals surface area contributed by atoms with Crippen LogP contribution in [-0.2, 0) is 30.8 Å². The predicted octanol–water partition coefficient (Wildman–Crippen LogP) is 4.98. The van der Waals surface area contributed by atoms with E-state index < -0.39 is 0 Å². The number of nitrogens with zero attached hydrogens (tertiary/aromatic N) is 4. The minimum atomic E-state index is -0.174. The van der Waals surface area contributed by atoms with E-state index in [4.69, 9.17) is 9.47 Å². The average molecular weight is 510 g/mol. The van der Waals surface area contributed by atoms with Gasteiger partial charge in [0.1, 0.15) is 29.2 Å². The lowest BCUT2D eigenvalue weighted by Crippen LogP contribution is -2.15. The maximum Gasteiger partial charge on any atom is 0.235 e. The van der Waals surface area contributed by atoms with Gasteiger partial charge in [0.05, 0.1) is 18.4 Å². The molecule has 1 aromatic carbocycles. The Balaban J connectivity index is 1.38. The number of aromatic nitrogens is 3. The Labute approximate surface area is 213 Å². The number of carbonyl (C=O) groups is 1. The Hall–Kier alpha value is -3.29. The molecule has 1 aliphatic carbocycles. The zero-order valence-corrected chi connectivity index (χ0v) is 21.2. The molecule has 8 nitrogen and oxygen atoms in total. The number of nitriles is 1. The maximum atomic E-state index is 12.7. The van der Waals surface area contributed by atoms with Crippen molar-refractivity contribution >= 4 is 34.0 Å². The Kier molecular flexibility index (Phi) is 8.45. The number of rotatable bonds is 10. The van der Waals surface area contributed by atoms with Crippen molar-refractivity contribution in [1.82, 2.24) is 14.8 Å². The van der Waals surface area contributed by atoms with Crippen molar-refractivity contribution in [3.05, 3.63) is 58.7 Å². The first kappa shape index (κ1) is 24.8. The Morgan fingerprint density at radius 2 is 2.03 bits per heavy atom. The molecule has 1 aliphatic rings. The van der Waals surface area contributed by atoms with Gasteiger partial charge in [0.15, 0.2) is 11.0 Å². The molecular formula is C25H27N5O3S2. The minimum Gasteiger partial charge on any atom is -0.497 e. The lowest BCUT2D eigenvalue weighted by molar-refractivity contribution is -0.113. The number of fused-ring (bicyclic) bond motifs is 1. The topological polar surface area (TPSA) is 102 Å². The van der Waals surface area contributed by atoms with Gasteiger partial charge in [-0.05, 0) is 55.5 Å². The van der Waals surface area contributed by atoms with Crippen molar-refractivity contribution in [2.24, 2.45) is 0 Å². The molecule has 4 rings (SSSR count). The molecule has 0 aliphatic heterocycles. The van der Waals surface area contributed by atoms with Crippen molar-refractivity contribution in [3.8, 4) is 17.6 Å². The number of allylic oxidation sites excluding steroid dienone is 1. The molecule has 0 unspecified atom stereocenters. The lowest BCUT2D eigenvalue weighted by Gasteiger charge is -2.09. The van der Waals surface area contributed by atoms with Crippen LogP contribution in [0.25, 0.3) is 0 Å². The molecule has 10 heteroatoms. The van der Waals surface area contributed by atoms with Crippen molar-refractivity contribution in [1.29, 1.82) is 5.26 Å². The fourth-order valence-corrected chi connectivity index (χ4v) is 5.93. The van der Waals surface area contributed by atoms with Crippen molar-refractivity contribution in [3.63, 3.8) is 0 Å². The van der Waals surface area contributed by atoms with Gasteiger partial charge in [-0.2, -0.15) is 5.26 Å². The summed E-state index contributed by atoms with van der Waals surface area (Å²) in [6.07, 6.45) is 7.04. The van der Waals surface area contributed by atoms with Gasteiger partial charge < -0.3 is 14.8 Å². The highest BCUT2D eigenvalue weighted by Crippen LogP contribution is 2.37. The van der Waals surface area contributed by atoms with Crippen LogP contribution < -0.4 is 14.8 Å². The number of benzene rings is 1. The highest BCUT2D eigenvalue weighted by Gasteiger charge is 2.21. The monoisotopic (exact) mass is 509 g/mol. The number of hydrogen-bond donors (Lipinski definition) is 1. The summed E-state index contributed by atoms with van der Waals surface area (Å²) in [5, 5.41) is 22.4. The Morgan fingerprint density at radius 3 is 2.77 bits per heavy atom. The number of amides is 1. The quantitative estimate of drug-likeness (QED) is 0.233. The van der Waals surface area contributed by atoms with Crippen LogP contribution in [0.1, 0.15) is 41.1 Å². The molecule has 1 amide bonds. The molecule has 3 aromatic rings. The molecule has 0 atom stereocenters. The van der Waals surface area contributed by atoms with Gasteiger partial charge >= 0.3 is 0 Å². The molecule has 0 saturated carbocycles. The summed E-state index contributed by atoms with van der Waals surface area (Å²) < 4.78 is 12.9. The van der Waals surface area contributed by atoms with Gasteiger partial charge in [0.2, 0.25) is 5.91 Å². The molecule has 0 radical (unpaired) electrons. The van der Waals surface area contributed by atoms with E-state index in [1.54, 1.807) is 13.2 Å². The molecule has 0 saturated heterocycles. The van der Waals surface area contributed by atoms with Crippen molar-refractivity contribution in [2.75, 3.05) is 18.2 Å². The largest absolute Gasteiger partial charge is 0.497 e. The van der Waals surface area contributed by atoms with Crippen LogP contribution in [0.5, 0.6) is 11.5 Å². The third kappa shape index (κ3) is 6.05. The molecule has 2 aromatic heterocycles. The van der Waals surface area contributed by atoms with Crippen molar-refractivity contribution in [2.45, 2.75) is 50.4 Å². The fraction of sp³-hybridized carbons (Fsp3) is 0.360. The summed E-state index contributed by atoms with van der Waals surface area (Å²) in [5.74, 6) is 2.06. The van der Waals surface area contributed by atoms with Gasteiger partial charge in [-0.1, -0.05) is 24.3 Å². The first-order valence-corrected chi connectivity index (χ1v) is 13.2. The summed E-state index contributed by atoms with van der Waals surface area (Å²) in [5.41, 5.74) is 1.74. The molecule has 0 fully saturated rings. The SMILES string of the molecule is C=CCn1c(COc2ccc(OC)cc2)nnc1SCC(=O)Nc1sc2c(c1C#N)CCCCC2. The van der Waals surface area contributed by atoms with Gasteiger partial charge in [0, 0.05) is 11.4 Å². The van der Waals surface area contributed by atoms with Crippen molar-refractivity contribution < 1.29 is 14.3 Å². The number of aryl methyl sites for hydroxylation is 1. The number of thiophene rings is 1. The molecular weight excluding hydrogens is 482 g/mol. The van der Waals surface area contributed by atoms with E-state index in [2.05, 4.69) is 28.2 Å². The van der Waals surface area contributed by atoms with Gasteiger partial charge in [-0.3, -0.25) is 9.36 Å². The second kappa shape index (κ2) is 11.9. The van der Waals surface area contributed by atoms with E-state index in [0.717, 1.165) is 37.0 Å². The first-order chi connectivity index (χ1) is 17.1. The standard InChI is InChI=1S/C25H27N5O3S2/c1-3-13-30-22(15-33-18-11-9-17(32-2)10-12-18)28-29-25(30)34-16-23(31)27-24-20(14-26)19-7-5-4-6-8-21(19)35-24/h3,9-12H,1,4-8,13,15-16H2,2H3,(H,27,31). The van der Waals surface area contributed by atoms with E-state index in [0.29, 0.717) is 33.8 Å². The molecule has 1 N–H and O–H groups in total. The van der Waals surface area contributed by atoms with Crippen LogP contribution in [0.4, 0.5) is 5.00 Å². The number of hydrogen-bond acceptors (Lipinski definition) is 8. The third-order valence-electron chi connectivity index (χ3n) is 5.65. The smallest absolute Gasteiger partial charge is 0.235 e. The molecule has 182 valence electrons. The van der Waals surface area contributed by atoms with Crippen LogP contribution in [0.15, 0.2) is 42.1 Å². The van der Waals surface area contributed by atoms with E-state index in [1.807, 2.05) is 28.8 Å². The number of nitrogens with one attached hydrogen (secondary N) is 1. The molecule has 2 heterocycles. The van der Waals surface area contributed by atoms with E-state index in [-0.39, 0.29) is 18.3 Å². The van der Waals surface area contributed by atoms with Crippen LogP contribution in [0.2, 0.25) is 0 Å². The summed E-state index contributed by atoms with van der Waals surface area (Å²) in [6.45, 7) is 4.54. The molecule has 0 bridgehead atoms. The van der Waals surface area contributed by atoms with Crippen LogP contribution in [0.3, 0.4) is 0 Å². The van der Waals surface area contributed by atoms with Crippen LogP contribution >= 0.6 is 23.1 Å². The molecule has 35 heavy (non-hydrogen) atoms. The fourth-order valence-electron chi connectivity index (χ4n) is 3.91. The number of ether oxygens (including phenoxy) is 2. The predicted molar refractivity (Wildman–Crippen MR) is 137 cm³/mol. The zero-order valence-electron chi connectivity index (χ0n) is 19.6. The van der Waals surface area contributed by atoms with Gasteiger partial charge in [-0.15, -0.1) is 28.1 Å². The van der Waals surface area contributed by atoms with Crippen LogP contribution in [-0.4, -0.2) is 33.5 Å². The third-order valence-corrected chi connectivity index (χ3v) is 7.82. The average Bonchev–Trinajstić information content (AvgIpc) is 3.32. The molecule has 0 spiro atoms. The van der Waals surface area contributed by atoms with E-state index in [1.165, 1.54) is 34.4 Å². The summed E-state index contributed by atoms with van der Waals surface area (Å²) >= 11 is 2.83. The highest BCUT2D eigenvalue weighted by molar-refractivity contribution is 7.99. The number of methoxy groups -OCH3 is 1. The van der Waals surface area contributed by atoms with Gasteiger partial charge in [-0.25, -0.2) is 0 Å². The number of thioether (sulfide) groups is 1. The van der Waals surface area contributed by atoms with Crippen LogP contribution in [0, 0.1) is 11.3 Å². The zero-order chi connectivity index (χ0) is 24.6. The Bertz CT molecular complexity index is 1230. The highest BCUT2D eigenvalue weighted by atomic mass is 32.2. The minimum absolute atomic E-state index is 0.155. The summed E-state index contributed by atoms with van der Waals surface area (Å²) in [4.78, 5) is 14.0. The second-order valence-corrected chi connectivity index (χ2v) is 10.0. The summed E-state index contributed by atoms with van der Waals surface area (Å²) in [7, 11) is 1.62. The Morgan fingerprint density at radius 1 is 1.26 bits per heavy atom. The first-order valence-electron chi connectivity index (χ1n) is 11.4. The van der Waals surface area contributed by atoms with Gasteiger partial charge in [0.25, 0.3) is 0 Å². The normalized spacial score (nSPS) is 12.8. The lowest BCUT2D eigenvalue weighted by atomic mass is 10.1. The summed E-state index contributed by atoms with van der Waals surface area (Å²) in [6, 6.07) is 9.61. The maximum absolute atomic E-state index is 12.7. The van der Waals surface area contributed by atoms with E-state index in [9.17, 15) is 10.1 Å². The van der Waals surface area contributed by atoms with E-state index >= 15 is 0 Å². The second-order valence-electron chi connectivity index (χ2n) is 7.98. The number of carbonyl (C=O) groups excluding carboxylic acids is 1. The number of anilines is 1.